The van der Waals surface area contributed by atoms with Gasteiger partial charge in [0.25, 0.3) is 0 Å². The molecule has 27 heavy (non-hydrogen) atoms. The van der Waals surface area contributed by atoms with Crippen LogP contribution in [0.15, 0.2) is 48.5 Å². The summed E-state index contributed by atoms with van der Waals surface area (Å²) < 4.78 is 31.1. The number of hydrogen-bond acceptors (Lipinski definition) is 5. The number of hydrogen-bond donors (Lipinski definition) is 0. The summed E-state index contributed by atoms with van der Waals surface area (Å²) in [5.41, 5.74) is 1.51. The van der Waals surface area contributed by atoms with Crippen LogP contribution in [0.4, 0.5) is 4.39 Å². The largest absolute Gasteiger partial charge is 0.454 e. The maximum atomic E-state index is 13.6. The highest BCUT2D eigenvalue weighted by atomic mass is 19.1. The Balaban J connectivity index is 1.67. The number of rotatable bonds is 4. The second-order valence-electron chi connectivity index (χ2n) is 6.41. The molecule has 2 aromatic carbocycles. The van der Waals surface area contributed by atoms with Crippen molar-refractivity contribution in [1.29, 1.82) is 0 Å². The minimum Gasteiger partial charge on any atom is -0.454 e. The zero-order valence-electron chi connectivity index (χ0n) is 14.8. The smallest absolute Gasteiger partial charge is 0.344 e. The first kappa shape index (κ1) is 17.1. The fourth-order valence-corrected chi connectivity index (χ4v) is 2.71. The fourth-order valence-electron chi connectivity index (χ4n) is 2.71. The summed E-state index contributed by atoms with van der Waals surface area (Å²) in [5, 5.41) is 4.45. The third kappa shape index (κ3) is 3.36. The van der Waals surface area contributed by atoms with Gasteiger partial charge in [-0.2, -0.15) is 5.10 Å². The van der Waals surface area contributed by atoms with E-state index >= 15 is 0 Å². The van der Waals surface area contributed by atoms with Crippen molar-refractivity contribution in [3.63, 3.8) is 0 Å². The molecule has 0 saturated heterocycles. The standard InChI is InChI=1S/C20H17FN2O4/c1-12(2)16-10-19(23(22-16)15-5-3-4-14(21)9-15)27-20(24)13-6-7-17-18(8-13)26-11-25-17/h3-10,12H,11H2,1-2H3. The summed E-state index contributed by atoms with van der Waals surface area (Å²) in [5.74, 6) is 0.433. The van der Waals surface area contributed by atoms with E-state index in [0.717, 1.165) is 5.69 Å². The molecule has 4 rings (SSSR count). The third-order valence-electron chi connectivity index (χ3n) is 4.15. The number of esters is 1. The molecule has 0 unspecified atom stereocenters. The molecule has 0 N–H and O–H groups in total. The molecule has 7 heteroatoms. The second-order valence-corrected chi connectivity index (χ2v) is 6.41. The first-order chi connectivity index (χ1) is 13.0. The summed E-state index contributed by atoms with van der Waals surface area (Å²) in [6.45, 7) is 4.07. The summed E-state index contributed by atoms with van der Waals surface area (Å²) in [6.07, 6.45) is 0. The molecule has 1 aliphatic rings. The highest BCUT2D eigenvalue weighted by Crippen LogP contribution is 2.33. The van der Waals surface area contributed by atoms with Crippen molar-refractivity contribution in [3.05, 3.63) is 65.6 Å². The number of halogens is 1. The van der Waals surface area contributed by atoms with Gasteiger partial charge in [0.15, 0.2) is 11.5 Å². The fraction of sp³-hybridized carbons (Fsp3) is 0.200. The Hall–Kier alpha value is -3.35. The Morgan fingerprint density at radius 2 is 1.96 bits per heavy atom. The van der Waals surface area contributed by atoms with Crippen LogP contribution in [0.5, 0.6) is 17.4 Å². The Labute approximate surface area is 155 Å². The zero-order chi connectivity index (χ0) is 19.0. The number of ether oxygens (including phenoxy) is 3. The molecule has 6 nitrogen and oxygen atoms in total. The van der Waals surface area contributed by atoms with Gasteiger partial charge in [-0.1, -0.05) is 19.9 Å². The van der Waals surface area contributed by atoms with E-state index in [1.54, 1.807) is 36.4 Å². The van der Waals surface area contributed by atoms with Crippen molar-refractivity contribution in [2.45, 2.75) is 19.8 Å². The van der Waals surface area contributed by atoms with Crippen LogP contribution < -0.4 is 14.2 Å². The van der Waals surface area contributed by atoms with Gasteiger partial charge in [-0.05, 0) is 42.3 Å². The quantitative estimate of drug-likeness (QED) is 0.649. The van der Waals surface area contributed by atoms with Gasteiger partial charge < -0.3 is 14.2 Å². The number of fused-ring (bicyclic) bond motifs is 1. The maximum absolute atomic E-state index is 13.6. The van der Waals surface area contributed by atoms with Gasteiger partial charge in [-0.15, -0.1) is 0 Å². The Morgan fingerprint density at radius 3 is 2.74 bits per heavy atom. The Bertz CT molecular complexity index is 1010. The predicted octanol–water partition coefficient (Wildman–Crippen LogP) is 4.08. The molecule has 0 bridgehead atoms. The van der Waals surface area contributed by atoms with Gasteiger partial charge in [-0.3, -0.25) is 0 Å². The summed E-state index contributed by atoms with van der Waals surface area (Å²) in [6, 6.07) is 12.4. The summed E-state index contributed by atoms with van der Waals surface area (Å²) in [7, 11) is 0. The summed E-state index contributed by atoms with van der Waals surface area (Å²) in [4.78, 5) is 12.6. The van der Waals surface area contributed by atoms with Gasteiger partial charge in [0.1, 0.15) is 5.82 Å². The van der Waals surface area contributed by atoms with Crippen molar-refractivity contribution in [2.24, 2.45) is 0 Å². The lowest BCUT2D eigenvalue weighted by molar-refractivity contribution is 0.0722. The SMILES string of the molecule is CC(C)c1cc(OC(=O)c2ccc3c(c2)OCO3)n(-c2cccc(F)c2)n1. The van der Waals surface area contributed by atoms with E-state index in [1.165, 1.54) is 16.8 Å². The van der Waals surface area contributed by atoms with Crippen LogP contribution in [0.25, 0.3) is 5.69 Å². The van der Waals surface area contributed by atoms with E-state index in [0.29, 0.717) is 22.7 Å². The lowest BCUT2D eigenvalue weighted by atomic mass is 10.1. The number of benzene rings is 2. The number of aromatic nitrogens is 2. The molecular weight excluding hydrogens is 351 g/mol. The van der Waals surface area contributed by atoms with Gasteiger partial charge >= 0.3 is 5.97 Å². The lowest BCUT2D eigenvalue weighted by Crippen LogP contribution is -2.11. The molecule has 1 aliphatic heterocycles. The number of carbonyl (C=O) groups is 1. The zero-order valence-corrected chi connectivity index (χ0v) is 14.8. The topological polar surface area (TPSA) is 62.6 Å². The van der Waals surface area contributed by atoms with Crippen LogP contribution in [-0.4, -0.2) is 22.5 Å². The van der Waals surface area contributed by atoms with Crippen LogP contribution in [0.1, 0.15) is 35.8 Å². The normalized spacial score (nSPS) is 12.4. The van der Waals surface area contributed by atoms with Crippen LogP contribution >= 0.6 is 0 Å². The average Bonchev–Trinajstić information content (AvgIpc) is 3.27. The lowest BCUT2D eigenvalue weighted by Gasteiger charge is -2.08. The van der Waals surface area contributed by atoms with E-state index < -0.39 is 11.8 Å². The van der Waals surface area contributed by atoms with E-state index in [9.17, 15) is 9.18 Å². The van der Waals surface area contributed by atoms with Crippen molar-refractivity contribution < 1.29 is 23.4 Å². The molecule has 0 saturated carbocycles. The molecule has 0 amide bonds. The summed E-state index contributed by atoms with van der Waals surface area (Å²) >= 11 is 0. The molecule has 0 radical (unpaired) electrons. The molecule has 138 valence electrons. The molecule has 3 aromatic rings. The molecular formula is C20H17FN2O4. The van der Waals surface area contributed by atoms with Gasteiger partial charge in [-0.25, -0.2) is 13.9 Å². The minimum atomic E-state index is -0.568. The molecule has 0 fully saturated rings. The first-order valence-corrected chi connectivity index (χ1v) is 8.49. The molecule has 1 aromatic heterocycles. The van der Waals surface area contributed by atoms with E-state index in [4.69, 9.17) is 14.2 Å². The minimum absolute atomic E-state index is 0.114. The highest BCUT2D eigenvalue weighted by molar-refractivity contribution is 5.91. The van der Waals surface area contributed by atoms with Crippen LogP contribution in [0.3, 0.4) is 0 Å². The molecule has 0 spiro atoms. The molecule has 0 atom stereocenters. The van der Waals surface area contributed by atoms with Gasteiger partial charge in [0.05, 0.1) is 16.9 Å². The highest BCUT2D eigenvalue weighted by Gasteiger charge is 2.20. The van der Waals surface area contributed by atoms with E-state index in [1.807, 2.05) is 13.8 Å². The predicted molar refractivity (Wildman–Crippen MR) is 95.1 cm³/mol. The van der Waals surface area contributed by atoms with Crippen molar-refractivity contribution in [2.75, 3.05) is 6.79 Å². The van der Waals surface area contributed by atoms with Crippen molar-refractivity contribution in [1.82, 2.24) is 9.78 Å². The Kier molecular flexibility index (Phi) is 4.27. The number of carbonyl (C=O) groups excluding carboxylic acids is 1. The molecule has 2 heterocycles. The van der Waals surface area contributed by atoms with Gasteiger partial charge in [0.2, 0.25) is 12.7 Å². The van der Waals surface area contributed by atoms with Crippen LogP contribution in [0, 0.1) is 5.82 Å². The van der Waals surface area contributed by atoms with Crippen molar-refractivity contribution >= 4 is 5.97 Å². The van der Waals surface area contributed by atoms with Crippen LogP contribution in [0.2, 0.25) is 0 Å². The third-order valence-corrected chi connectivity index (χ3v) is 4.15. The number of nitrogens with zero attached hydrogens (tertiary/aromatic N) is 2. The van der Waals surface area contributed by atoms with Crippen LogP contribution in [-0.2, 0) is 0 Å². The monoisotopic (exact) mass is 368 g/mol. The van der Waals surface area contributed by atoms with E-state index in [2.05, 4.69) is 5.10 Å². The van der Waals surface area contributed by atoms with Crippen molar-refractivity contribution in [3.8, 4) is 23.1 Å². The molecule has 0 aliphatic carbocycles. The Morgan fingerprint density at radius 1 is 1.15 bits per heavy atom. The average molecular weight is 368 g/mol. The van der Waals surface area contributed by atoms with E-state index in [-0.39, 0.29) is 18.6 Å². The maximum Gasteiger partial charge on any atom is 0.344 e. The first-order valence-electron chi connectivity index (χ1n) is 8.49. The van der Waals surface area contributed by atoms with Gasteiger partial charge in [0, 0.05) is 6.07 Å². The second kappa shape index (κ2) is 6.75.